The van der Waals surface area contributed by atoms with Crippen LogP contribution in [-0.4, -0.2) is 0 Å². The zero-order valence-electron chi connectivity index (χ0n) is 32.8. The first-order chi connectivity index (χ1) is 29.0. The van der Waals surface area contributed by atoms with E-state index in [9.17, 15) is 0 Å². The van der Waals surface area contributed by atoms with Crippen molar-refractivity contribution in [2.75, 3.05) is 4.90 Å². The third-order valence-electron chi connectivity index (χ3n) is 11.6. The Hall–Kier alpha value is -7.62. The number of rotatable bonds is 7. The Morgan fingerprint density at radius 2 is 0.746 bits per heavy atom. The summed E-state index contributed by atoms with van der Waals surface area (Å²) in [6, 6.07) is 71.5. The smallest absolute Gasteiger partial charge is 0.143 e. The lowest BCUT2D eigenvalue weighted by atomic mass is 9.97. The van der Waals surface area contributed by atoms with Crippen molar-refractivity contribution in [3.63, 3.8) is 0 Å². The lowest BCUT2D eigenvalue weighted by molar-refractivity contribution is 0.669. The van der Waals surface area contributed by atoms with Gasteiger partial charge in [-0.1, -0.05) is 163 Å². The molecule has 11 aromatic rings. The predicted octanol–water partition coefficient (Wildman–Crippen LogP) is 16.2. The van der Waals surface area contributed by atoms with Gasteiger partial charge in [0.15, 0.2) is 0 Å². The standard InChI is InChI=1S/C56H39NO2/c1-36-32-37(2)34-43(33-36)39-22-20-38(21-23-39)42-10-7-11-46(35-42)57(44-28-24-40(25-29-44)47-14-8-16-51-49-12-3-5-18-53(49)58-55(47)51)45-30-26-41(27-31-45)48-15-9-17-52-50-13-4-6-19-54(50)59-56(48)52/h3-35H,1-2H3. The summed E-state index contributed by atoms with van der Waals surface area (Å²) in [6.45, 7) is 4.32. The number of aryl methyl sites for hydroxylation is 2. The average molecular weight is 758 g/mol. The minimum atomic E-state index is 0.900. The van der Waals surface area contributed by atoms with E-state index in [4.69, 9.17) is 8.83 Å². The van der Waals surface area contributed by atoms with Crippen LogP contribution in [0.4, 0.5) is 17.1 Å². The zero-order valence-corrected chi connectivity index (χ0v) is 32.8. The summed E-state index contributed by atoms with van der Waals surface area (Å²) in [6.07, 6.45) is 0. The van der Waals surface area contributed by atoms with Crippen molar-refractivity contribution in [2.45, 2.75) is 13.8 Å². The molecule has 0 saturated heterocycles. The van der Waals surface area contributed by atoms with Crippen LogP contribution in [0.1, 0.15) is 11.1 Å². The SMILES string of the molecule is Cc1cc(C)cc(-c2ccc(-c3cccc(N(c4ccc(-c5cccc6c5oc5ccccc56)cc4)c4ccc(-c5cccc6c5oc5ccccc56)cc4)c3)cc2)c1. The molecule has 3 nitrogen and oxygen atoms in total. The van der Waals surface area contributed by atoms with Crippen LogP contribution in [0.2, 0.25) is 0 Å². The molecular weight excluding hydrogens is 719 g/mol. The lowest BCUT2D eigenvalue weighted by Gasteiger charge is -2.26. The van der Waals surface area contributed by atoms with E-state index in [1.54, 1.807) is 0 Å². The van der Waals surface area contributed by atoms with Gasteiger partial charge in [0.05, 0.1) is 0 Å². The van der Waals surface area contributed by atoms with Crippen LogP contribution < -0.4 is 4.90 Å². The van der Waals surface area contributed by atoms with E-state index in [1.807, 2.05) is 24.3 Å². The second-order valence-corrected chi connectivity index (χ2v) is 15.5. The van der Waals surface area contributed by atoms with Gasteiger partial charge < -0.3 is 13.7 Å². The third kappa shape index (κ3) is 6.16. The highest BCUT2D eigenvalue weighted by molar-refractivity contribution is 6.10. The monoisotopic (exact) mass is 757 g/mol. The average Bonchev–Trinajstić information content (AvgIpc) is 3.86. The fourth-order valence-electron chi connectivity index (χ4n) is 8.80. The van der Waals surface area contributed by atoms with E-state index >= 15 is 0 Å². The van der Waals surface area contributed by atoms with Gasteiger partial charge in [0, 0.05) is 49.7 Å². The first kappa shape index (κ1) is 34.6. The number of para-hydroxylation sites is 4. The molecule has 59 heavy (non-hydrogen) atoms. The largest absolute Gasteiger partial charge is 0.455 e. The van der Waals surface area contributed by atoms with E-state index in [0.717, 1.165) is 88.8 Å². The molecule has 0 amide bonds. The third-order valence-corrected chi connectivity index (χ3v) is 11.6. The Balaban J connectivity index is 0.994. The number of furan rings is 2. The van der Waals surface area contributed by atoms with Crippen molar-refractivity contribution in [3.8, 4) is 44.5 Å². The van der Waals surface area contributed by atoms with Gasteiger partial charge in [0.25, 0.3) is 0 Å². The minimum absolute atomic E-state index is 0.900. The summed E-state index contributed by atoms with van der Waals surface area (Å²) >= 11 is 0. The van der Waals surface area contributed by atoms with Gasteiger partial charge in [-0.05, 0) is 95.8 Å². The van der Waals surface area contributed by atoms with Crippen LogP contribution in [0, 0.1) is 13.8 Å². The van der Waals surface area contributed by atoms with Crippen molar-refractivity contribution < 1.29 is 8.83 Å². The van der Waals surface area contributed by atoms with E-state index in [0.29, 0.717) is 0 Å². The fourth-order valence-corrected chi connectivity index (χ4v) is 8.80. The van der Waals surface area contributed by atoms with Gasteiger partial charge in [-0.15, -0.1) is 0 Å². The van der Waals surface area contributed by atoms with Gasteiger partial charge in [0.1, 0.15) is 22.3 Å². The minimum Gasteiger partial charge on any atom is -0.455 e. The Morgan fingerprint density at radius 3 is 1.27 bits per heavy atom. The highest BCUT2D eigenvalue weighted by Gasteiger charge is 2.18. The normalized spacial score (nSPS) is 11.6. The summed E-state index contributed by atoms with van der Waals surface area (Å²) in [5.41, 5.74) is 18.5. The molecule has 0 N–H and O–H groups in total. The van der Waals surface area contributed by atoms with Crippen molar-refractivity contribution in [1.82, 2.24) is 0 Å². The van der Waals surface area contributed by atoms with E-state index in [2.05, 4.69) is 195 Å². The Kier molecular flexibility index (Phi) is 8.27. The van der Waals surface area contributed by atoms with Crippen LogP contribution in [0.15, 0.2) is 209 Å². The molecule has 0 radical (unpaired) electrons. The number of anilines is 3. The summed E-state index contributed by atoms with van der Waals surface area (Å²) < 4.78 is 12.9. The maximum absolute atomic E-state index is 6.43. The molecule has 11 rings (SSSR count). The Bertz CT molecular complexity index is 3150. The predicted molar refractivity (Wildman–Crippen MR) is 247 cm³/mol. The zero-order chi connectivity index (χ0) is 39.5. The number of benzene rings is 9. The highest BCUT2D eigenvalue weighted by Crippen LogP contribution is 2.42. The summed E-state index contributed by atoms with van der Waals surface area (Å²) in [7, 11) is 0. The lowest BCUT2D eigenvalue weighted by Crippen LogP contribution is -2.10. The van der Waals surface area contributed by atoms with E-state index < -0.39 is 0 Å². The van der Waals surface area contributed by atoms with E-state index in [-0.39, 0.29) is 0 Å². The number of nitrogens with zero attached hydrogens (tertiary/aromatic N) is 1. The molecule has 280 valence electrons. The summed E-state index contributed by atoms with van der Waals surface area (Å²) in [5, 5.41) is 4.51. The van der Waals surface area contributed by atoms with Gasteiger partial charge in [-0.3, -0.25) is 0 Å². The van der Waals surface area contributed by atoms with Crippen LogP contribution in [0.3, 0.4) is 0 Å². The fraction of sp³-hybridized carbons (Fsp3) is 0.0357. The van der Waals surface area contributed by atoms with Crippen LogP contribution in [-0.2, 0) is 0 Å². The summed E-state index contributed by atoms with van der Waals surface area (Å²) in [5.74, 6) is 0. The number of hydrogen-bond acceptors (Lipinski definition) is 3. The van der Waals surface area contributed by atoms with Gasteiger partial charge in [0.2, 0.25) is 0 Å². The molecule has 0 atom stereocenters. The molecule has 0 bridgehead atoms. The maximum Gasteiger partial charge on any atom is 0.143 e. The molecule has 0 aliphatic rings. The van der Waals surface area contributed by atoms with Crippen molar-refractivity contribution in [2.24, 2.45) is 0 Å². The number of fused-ring (bicyclic) bond motifs is 6. The van der Waals surface area contributed by atoms with Gasteiger partial charge >= 0.3 is 0 Å². The van der Waals surface area contributed by atoms with Crippen LogP contribution in [0.25, 0.3) is 88.4 Å². The van der Waals surface area contributed by atoms with Crippen molar-refractivity contribution in [3.05, 3.63) is 211 Å². The van der Waals surface area contributed by atoms with E-state index in [1.165, 1.54) is 27.8 Å². The maximum atomic E-state index is 6.43. The second-order valence-electron chi connectivity index (χ2n) is 15.5. The molecule has 0 aliphatic heterocycles. The second kappa shape index (κ2) is 14.1. The number of hydrogen-bond donors (Lipinski definition) is 0. The molecule has 0 fully saturated rings. The first-order valence-electron chi connectivity index (χ1n) is 20.1. The molecule has 0 unspecified atom stereocenters. The molecule has 0 spiro atoms. The highest BCUT2D eigenvalue weighted by atomic mass is 16.3. The van der Waals surface area contributed by atoms with Gasteiger partial charge in [-0.2, -0.15) is 0 Å². The van der Waals surface area contributed by atoms with Gasteiger partial charge in [-0.25, -0.2) is 0 Å². The molecule has 0 aliphatic carbocycles. The molecular formula is C56H39NO2. The van der Waals surface area contributed by atoms with Crippen LogP contribution >= 0.6 is 0 Å². The molecule has 0 saturated carbocycles. The Labute approximate surface area is 343 Å². The van der Waals surface area contributed by atoms with Crippen molar-refractivity contribution in [1.29, 1.82) is 0 Å². The quantitative estimate of drug-likeness (QED) is 0.162. The Morgan fingerprint density at radius 1 is 0.305 bits per heavy atom. The molecule has 9 aromatic carbocycles. The first-order valence-corrected chi connectivity index (χ1v) is 20.1. The topological polar surface area (TPSA) is 29.5 Å². The van der Waals surface area contributed by atoms with Crippen molar-refractivity contribution >= 4 is 60.9 Å². The molecule has 3 heteroatoms. The molecule has 2 aromatic heterocycles. The van der Waals surface area contributed by atoms with Crippen LogP contribution in [0.5, 0.6) is 0 Å². The molecule has 2 heterocycles. The summed E-state index contributed by atoms with van der Waals surface area (Å²) in [4.78, 5) is 2.34.